The second kappa shape index (κ2) is 8.80. The predicted molar refractivity (Wildman–Crippen MR) is 128 cm³/mol. The van der Waals surface area contributed by atoms with E-state index in [0.717, 1.165) is 28.5 Å². The molecule has 0 spiro atoms. The van der Waals surface area contributed by atoms with Gasteiger partial charge >= 0.3 is 0 Å². The Hall–Kier alpha value is -3.71. The molecule has 7 heteroatoms. The average Bonchev–Trinajstić information content (AvgIpc) is 3.45. The van der Waals surface area contributed by atoms with Crippen molar-refractivity contribution in [2.45, 2.75) is 18.6 Å². The maximum atomic E-state index is 5.81. The van der Waals surface area contributed by atoms with Gasteiger partial charge in [0.25, 0.3) is 0 Å². The van der Waals surface area contributed by atoms with Crippen LogP contribution in [0.1, 0.15) is 29.0 Å². The summed E-state index contributed by atoms with van der Waals surface area (Å²) >= 11 is 5.81. The van der Waals surface area contributed by atoms with Crippen LogP contribution in [0.25, 0.3) is 5.82 Å². The van der Waals surface area contributed by atoms with Crippen LogP contribution in [0.15, 0.2) is 91.4 Å². The summed E-state index contributed by atoms with van der Waals surface area (Å²) in [6.45, 7) is 0.664. The number of methoxy groups -OCH3 is 1. The van der Waals surface area contributed by atoms with E-state index in [2.05, 4.69) is 43.0 Å². The van der Waals surface area contributed by atoms with Crippen molar-refractivity contribution in [3.8, 4) is 11.6 Å². The highest BCUT2D eigenvalue weighted by molar-refractivity contribution is 7.80. The van der Waals surface area contributed by atoms with E-state index in [0.29, 0.717) is 11.7 Å². The zero-order chi connectivity index (χ0) is 21.9. The van der Waals surface area contributed by atoms with Gasteiger partial charge in [-0.25, -0.2) is 4.98 Å². The molecule has 0 aliphatic carbocycles. The molecule has 1 saturated heterocycles. The largest absolute Gasteiger partial charge is 0.497 e. The number of nitrogens with zero attached hydrogens (tertiary/aromatic N) is 4. The topological polar surface area (TPSA) is 55.2 Å². The van der Waals surface area contributed by atoms with Gasteiger partial charge in [0.15, 0.2) is 5.11 Å². The van der Waals surface area contributed by atoms with E-state index in [1.165, 1.54) is 0 Å². The first kappa shape index (κ1) is 20.2. The molecule has 2 atom stereocenters. The minimum Gasteiger partial charge on any atom is -0.497 e. The lowest BCUT2D eigenvalue weighted by molar-refractivity contribution is 0.302. The molecule has 1 fully saturated rings. The Morgan fingerprint density at radius 1 is 0.938 bits per heavy atom. The van der Waals surface area contributed by atoms with Crippen molar-refractivity contribution in [3.63, 3.8) is 0 Å². The monoisotopic (exact) mass is 441 g/mol. The average molecular weight is 442 g/mol. The maximum Gasteiger partial charge on any atom is 0.170 e. The highest BCUT2D eigenvalue weighted by Gasteiger charge is 2.41. The molecule has 160 valence electrons. The zero-order valence-corrected chi connectivity index (χ0v) is 18.4. The van der Waals surface area contributed by atoms with E-state index in [1.54, 1.807) is 7.11 Å². The Kier molecular flexibility index (Phi) is 5.56. The van der Waals surface area contributed by atoms with Crippen molar-refractivity contribution in [2.24, 2.45) is 0 Å². The molecular weight excluding hydrogens is 418 g/mol. The first-order valence-electron chi connectivity index (χ1n) is 10.4. The van der Waals surface area contributed by atoms with Crippen LogP contribution in [-0.4, -0.2) is 31.7 Å². The fourth-order valence-corrected chi connectivity index (χ4v) is 4.47. The van der Waals surface area contributed by atoms with Gasteiger partial charge < -0.3 is 19.5 Å². The first-order valence-corrected chi connectivity index (χ1v) is 10.8. The molecule has 1 aromatic carbocycles. The second-order valence-corrected chi connectivity index (χ2v) is 7.98. The normalized spacial score (nSPS) is 17.9. The summed E-state index contributed by atoms with van der Waals surface area (Å²) in [5.74, 6) is 1.71. The molecule has 0 bridgehead atoms. The van der Waals surface area contributed by atoms with Crippen molar-refractivity contribution in [1.82, 2.24) is 24.8 Å². The van der Waals surface area contributed by atoms with Gasteiger partial charge in [0.1, 0.15) is 11.6 Å². The fraction of sp³-hybridized carbons (Fsp3) is 0.160. The number of benzene rings is 1. The molecule has 0 saturated carbocycles. The standard InChI is InChI=1S/C25H23N5OS/c1-31-19-12-10-18(11-13-19)17-30-24(23(28-25(30)32)20-7-2-4-14-26-20)21-8-6-16-29(21)22-9-3-5-15-27-22/h2-16,23-24H,17H2,1H3,(H,28,32)/t23-,24+/m0/s1. The van der Waals surface area contributed by atoms with Crippen LogP contribution in [0.4, 0.5) is 0 Å². The number of thiocarbonyl (C=S) groups is 1. The lowest BCUT2D eigenvalue weighted by Crippen LogP contribution is -2.30. The van der Waals surface area contributed by atoms with Crippen molar-refractivity contribution in [2.75, 3.05) is 7.11 Å². The van der Waals surface area contributed by atoms with Crippen molar-refractivity contribution < 1.29 is 4.74 Å². The summed E-state index contributed by atoms with van der Waals surface area (Å²) in [6.07, 6.45) is 5.67. The molecule has 4 aromatic rings. The van der Waals surface area contributed by atoms with Crippen LogP contribution in [0, 0.1) is 0 Å². The van der Waals surface area contributed by atoms with Crippen LogP contribution < -0.4 is 10.1 Å². The Labute approximate surface area is 192 Å². The van der Waals surface area contributed by atoms with Crippen LogP contribution >= 0.6 is 12.2 Å². The first-order chi connectivity index (χ1) is 15.7. The van der Waals surface area contributed by atoms with Gasteiger partial charge in [-0.2, -0.15) is 0 Å². The highest BCUT2D eigenvalue weighted by Crippen LogP contribution is 2.40. The fourth-order valence-electron chi connectivity index (χ4n) is 4.17. The molecule has 4 heterocycles. The number of hydrogen-bond donors (Lipinski definition) is 1. The van der Waals surface area contributed by atoms with Gasteiger partial charge in [0.05, 0.1) is 24.9 Å². The lowest BCUT2D eigenvalue weighted by Gasteiger charge is -2.29. The maximum absolute atomic E-state index is 5.81. The minimum atomic E-state index is -0.0840. The van der Waals surface area contributed by atoms with E-state index in [-0.39, 0.29) is 12.1 Å². The molecule has 0 unspecified atom stereocenters. The van der Waals surface area contributed by atoms with Crippen LogP contribution in [0.2, 0.25) is 0 Å². The van der Waals surface area contributed by atoms with Gasteiger partial charge in [-0.15, -0.1) is 0 Å². The summed E-state index contributed by atoms with van der Waals surface area (Å²) < 4.78 is 7.43. The third kappa shape index (κ3) is 3.83. The van der Waals surface area contributed by atoms with Crippen molar-refractivity contribution >= 4 is 17.3 Å². The number of pyridine rings is 2. The summed E-state index contributed by atoms with van der Waals surface area (Å²) in [7, 11) is 1.67. The smallest absolute Gasteiger partial charge is 0.170 e. The molecular formula is C25H23N5OS. The molecule has 3 aromatic heterocycles. The van der Waals surface area contributed by atoms with E-state index in [1.807, 2.05) is 73.2 Å². The van der Waals surface area contributed by atoms with Crippen molar-refractivity contribution in [1.29, 1.82) is 0 Å². The lowest BCUT2D eigenvalue weighted by atomic mass is 10.0. The number of ether oxygens (including phenoxy) is 1. The van der Waals surface area contributed by atoms with E-state index in [9.17, 15) is 0 Å². The Bertz CT molecular complexity index is 1190. The van der Waals surface area contributed by atoms with E-state index >= 15 is 0 Å². The number of hydrogen-bond acceptors (Lipinski definition) is 4. The number of aromatic nitrogens is 3. The SMILES string of the molecule is COc1ccc(CN2C(=S)N[C@@H](c3ccccn3)[C@H]2c2cccn2-c2ccccn2)cc1. The minimum absolute atomic E-state index is 0.0588. The van der Waals surface area contributed by atoms with Crippen LogP contribution in [-0.2, 0) is 6.54 Å². The molecule has 1 aliphatic heterocycles. The molecule has 0 amide bonds. The number of nitrogens with one attached hydrogen (secondary N) is 1. The van der Waals surface area contributed by atoms with Crippen LogP contribution in [0.5, 0.6) is 5.75 Å². The highest BCUT2D eigenvalue weighted by atomic mass is 32.1. The Balaban J connectivity index is 1.57. The zero-order valence-electron chi connectivity index (χ0n) is 17.6. The summed E-state index contributed by atoms with van der Waals surface area (Å²) in [5, 5.41) is 4.22. The van der Waals surface area contributed by atoms with E-state index < -0.39 is 0 Å². The predicted octanol–water partition coefficient (Wildman–Crippen LogP) is 4.45. The Morgan fingerprint density at radius 3 is 2.41 bits per heavy atom. The third-order valence-electron chi connectivity index (χ3n) is 5.69. The Morgan fingerprint density at radius 2 is 1.72 bits per heavy atom. The second-order valence-electron chi connectivity index (χ2n) is 7.59. The van der Waals surface area contributed by atoms with Gasteiger partial charge in [0, 0.05) is 30.8 Å². The quantitative estimate of drug-likeness (QED) is 0.446. The molecule has 1 aliphatic rings. The molecule has 0 radical (unpaired) electrons. The van der Waals surface area contributed by atoms with Crippen LogP contribution in [0.3, 0.4) is 0 Å². The molecule has 6 nitrogen and oxygen atoms in total. The van der Waals surface area contributed by atoms with Gasteiger partial charge in [-0.1, -0.05) is 24.3 Å². The summed E-state index contributed by atoms with van der Waals surface area (Å²) in [6, 6.07) is 24.0. The third-order valence-corrected chi connectivity index (χ3v) is 6.04. The van der Waals surface area contributed by atoms with Gasteiger partial charge in [-0.05, 0) is 66.3 Å². The molecule has 32 heavy (non-hydrogen) atoms. The summed E-state index contributed by atoms with van der Waals surface area (Å²) in [5.41, 5.74) is 3.20. The van der Waals surface area contributed by atoms with Gasteiger partial charge in [0.2, 0.25) is 0 Å². The molecule has 5 rings (SSSR count). The number of rotatable bonds is 6. The van der Waals surface area contributed by atoms with E-state index in [4.69, 9.17) is 17.0 Å². The summed E-state index contributed by atoms with van der Waals surface area (Å²) in [4.78, 5) is 11.4. The van der Waals surface area contributed by atoms with Gasteiger partial charge in [-0.3, -0.25) is 4.98 Å². The molecule has 1 N–H and O–H groups in total. The van der Waals surface area contributed by atoms with Crippen molar-refractivity contribution in [3.05, 3.63) is 108 Å².